The van der Waals surface area contributed by atoms with Crippen molar-refractivity contribution >= 4 is 11.4 Å². The van der Waals surface area contributed by atoms with Gasteiger partial charge in [-0.2, -0.15) is 4.21 Å². The van der Waals surface area contributed by atoms with Gasteiger partial charge in [0.25, 0.3) is 11.4 Å². The van der Waals surface area contributed by atoms with E-state index in [9.17, 15) is 0 Å². The molecule has 0 unspecified atom stereocenters. The van der Waals surface area contributed by atoms with E-state index in [1.165, 1.54) is 0 Å². The molecule has 6 heteroatoms. The molecule has 0 heterocycles. The first-order valence-electron chi connectivity index (χ1n) is 1.32. The summed E-state index contributed by atoms with van der Waals surface area (Å²) in [4.78, 5) is 0. The molecule has 0 radical (unpaired) electrons. The van der Waals surface area contributed by atoms with Crippen LogP contribution in [0.15, 0.2) is 0 Å². The van der Waals surface area contributed by atoms with Gasteiger partial charge in [0.05, 0.1) is 0 Å². The lowest BCUT2D eigenvalue weighted by atomic mass is 11.5. The van der Waals surface area contributed by atoms with Crippen molar-refractivity contribution in [2.45, 2.75) is 0 Å². The molecule has 0 aliphatic rings. The highest BCUT2D eigenvalue weighted by Gasteiger charge is 1.62. The van der Waals surface area contributed by atoms with Crippen LogP contribution in [-0.2, 0) is 11.4 Å². The van der Waals surface area contributed by atoms with Crippen LogP contribution in [0.25, 0.3) is 0 Å². The fourth-order valence-corrected chi connectivity index (χ4v) is 0. The lowest BCUT2D eigenvalue weighted by Gasteiger charge is -1.62. The van der Waals surface area contributed by atoms with Gasteiger partial charge in [-0.3, -0.25) is 20.4 Å². The highest BCUT2D eigenvalue weighted by molar-refractivity contribution is 7.73. The Morgan fingerprint density at radius 2 is 1.71 bits per heavy atom. The third-order valence-electron chi connectivity index (χ3n) is 0. The highest BCUT2D eigenvalue weighted by Crippen LogP contribution is 1.44. The third kappa shape index (κ3) is 954000. The van der Waals surface area contributed by atoms with Gasteiger partial charge in [-0.1, -0.05) is 0 Å². The van der Waals surface area contributed by atoms with E-state index in [1.54, 1.807) is 7.05 Å². The summed E-state index contributed by atoms with van der Waals surface area (Å²) in [7, 11) is 1.65. The molecule has 5 N–H and O–H groups in total. The smallest absolute Gasteiger partial charge is 0.284 e. The highest BCUT2D eigenvalue weighted by atomic mass is 32.2. The number of hydrogen-bond donors (Lipinski definition) is 4. The Kier molecular flexibility index (Phi) is 13.5. The Balaban J connectivity index is 0. The summed E-state index contributed by atoms with van der Waals surface area (Å²) in [6.45, 7) is 0. The standard InChI is InChI=1S/CH6N2.H2O3S/c1-3-2;1-4(2)3/h3H,2H2,1H3;(H2,1,2,3). The summed E-state index contributed by atoms with van der Waals surface area (Å²) in [6.07, 6.45) is 0. The van der Waals surface area contributed by atoms with Crippen molar-refractivity contribution in [1.29, 1.82) is 0 Å². The van der Waals surface area contributed by atoms with Gasteiger partial charge in [-0.15, -0.1) is 0 Å². The van der Waals surface area contributed by atoms with Crippen molar-refractivity contribution in [2.75, 3.05) is 7.05 Å². The molecule has 0 aromatic rings. The second-order valence-electron chi connectivity index (χ2n) is 0.519. The van der Waals surface area contributed by atoms with Crippen LogP contribution in [0.2, 0.25) is 0 Å². The van der Waals surface area contributed by atoms with Crippen LogP contribution in [0, 0.1) is 0 Å². The van der Waals surface area contributed by atoms with E-state index in [0.717, 1.165) is 0 Å². The van der Waals surface area contributed by atoms with Crippen LogP contribution in [0.5, 0.6) is 0 Å². The fraction of sp³-hybridized carbons (Fsp3) is 1.00. The summed E-state index contributed by atoms with van der Waals surface area (Å²) >= 11 is -2.61. The topological polar surface area (TPSA) is 95.6 Å². The molecule has 0 spiro atoms. The first kappa shape index (κ1) is 10.1. The molecule has 0 aliphatic carbocycles. The maximum Gasteiger partial charge on any atom is 0.299 e. The largest absolute Gasteiger partial charge is 0.299 e. The van der Waals surface area contributed by atoms with Gasteiger partial charge in [0.2, 0.25) is 0 Å². The van der Waals surface area contributed by atoms with E-state index < -0.39 is 11.4 Å². The average molecular weight is 128 g/mol. The predicted molar refractivity (Wildman–Crippen MR) is 26.6 cm³/mol. The van der Waals surface area contributed by atoms with E-state index in [-0.39, 0.29) is 0 Å². The number of hydrazine groups is 1. The maximum absolute atomic E-state index is 8.67. The normalized spacial score (nSPS) is 7.57. The molecule has 0 rings (SSSR count). The molecule has 0 atom stereocenters. The monoisotopic (exact) mass is 128 g/mol. The molecule has 5 nitrogen and oxygen atoms in total. The predicted octanol–water partition coefficient (Wildman–Crippen LogP) is -1.24. The number of nitrogens with one attached hydrogen (secondary N) is 1. The first-order valence-corrected chi connectivity index (χ1v) is 2.38. The Morgan fingerprint density at radius 1 is 1.71 bits per heavy atom. The molecule has 0 aromatic carbocycles. The molecular weight excluding hydrogens is 120 g/mol. The Labute approximate surface area is 44.0 Å². The van der Waals surface area contributed by atoms with Gasteiger partial charge in [-0.05, 0) is 7.05 Å². The van der Waals surface area contributed by atoms with Crippen LogP contribution < -0.4 is 11.3 Å². The van der Waals surface area contributed by atoms with Crippen LogP contribution in [-0.4, -0.2) is 20.4 Å². The average Bonchev–Trinajstić information content (AvgIpc) is 1.33. The van der Waals surface area contributed by atoms with Gasteiger partial charge in [-0.25, -0.2) is 0 Å². The Hall–Kier alpha value is -0.0100. The van der Waals surface area contributed by atoms with Crippen molar-refractivity contribution in [3.05, 3.63) is 0 Å². The van der Waals surface area contributed by atoms with Gasteiger partial charge in [0.15, 0.2) is 0 Å². The maximum atomic E-state index is 8.67. The molecule has 0 bridgehead atoms. The number of hydrogen-bond acceptors (Lipinski definition) is 3. The van der Waals surface area contributed by atoms with Crippen LogP contribution in [0.3, 0.4) is 0 Å². The molecule has 0 saturated carbocycles. The number of nitrogens with two attached hydrogens (primary N) is 1. The van der Waals surface area contributed by atoms with Gasteiger partial charge in [0, 0.05) is 0 Å². The zero-order valence-corrected chi connectivity index (χ0v) is 4.60. The summed E-state index contributed by atoms with van der Waals surface area (Å²) in [6, 6.07) is 0. The lowest BCUT2D eigenvalue weighted by molar-refractivity contribution is 0.454. The summed E-state index contributed by atoms with van der Waals surface area (Å²) in [5.41, 5.74) is 2.25. The SMILES string of the molecule is CNN.O=S(O)O. The minimum absolute atomic E-state index is 1.65. The molecule has 0 amide bonds. The molecule has 46 valence electrons. The minimum atomic E-state index is -2.61. The number of rotatable bonds is 0. The Bertz CT molecular complexity index is 44.2. The van der Waals surface area contributed by atoms with Crippen molar-refractivity contribution in [3.8, 4) is 0 Å². The van der Waals surface area contributed by atoms with Crippen molar-refractivity contribution in [3.63, 3.8) is 0 Å². The van der Waals surface area contributed by atoms with Crippen LogP contribution in [0.4, 0.5) is 0 Å². The lowest BCUT2D eigenvalue weighted by Crippen LogP contribution is -2.13. The van der Waals surface area contributed by atoms with E-state index in [0.29, 0.717) is 0 Å². The second kappa shape index (κ2) is 9.37. The molecule has 7 heavy (non-hydrogen) atoms. The quantitative estimate of drug-likeness (QED) is 0.186. The van der Waals surface area contributed by atoms with E-state index in [4.69, 9.17) is 13.3 Å². The van der Waals surface area contributed by atoms with E-state index >= 15 is 0 Å². The van der Waals surface area contributed by atoms with Crippen LogP contribution >= 0.6 is 0 Å². The summed E-state index contributed by atoms with van der Waals surface area (Å²) < 4.78 is 22.8. The molecule has 0 fully saturated rings. The van der Waals surface area contributed by atoms with Gasteiger partial charge in [0.1, 0.15) is 0 Å². The van der Waals surface area contributed by atoms with E-state index in [1.807, 2.05) is 0 Å². The Morgan fingerprint density at radius 3 is 1.71 bits per heavy atom. The van der Waals surface area contributed by atoms with Crippen molar-refractivity contribution in [1.82, 2.24) is 5.43 Å². The summed E-state index contributed by atoms with van der Waals surface area (Å²) in [5.74, 6) is 4.60. The fourth-order valence-electron chi connectivity index (χ4n) is 0. The summed E-state index contributed by atoms with van der Waals surface area (Å²) in [5, 5.41) is 0. The molecular formula is CH8N2O3S. The first-order chi connectivity index (χ1) is 3.15. The second-order valence-corrected chi connectivity index (χ2v) is 0.981. The minimum Gasteiger partial charge on any atom is -0.284 e. The van der Waals surface area contributed by atoms with Crippen LogP contribution in [0.1, 0.15) is 0 Å². The third-order valence-corrected chi connectivity index (χ3v) is 0. The zero-order valence-electron chi connectivity index (χ0n) is 3.79. The van der Waals surface area contributed by atoms with Crippen molar-refractivity contribution < 1.29 is 13.3 Å². The van der Waals surface area contributed by atoms with Gasteiger partial charge >= 0.3 is 0 Å². The molecule has 0 aromatic heterocycles. The molecule has 0 aliphatic heterocycles. The molecule has 0 saturated heterocycles. The van der Waals surface area contributed by atoms with E-state index in [2.05, 4.69) is 11.3 Å². The van der Waals surface area contributed by atoms with Gasteiger partial charge < -0.3 is 0 Å². The zero-order chi connectivity index (χ0) is 6.28. The van der Waals surface area contributed by atoms with Crippen molar-refractivity contribution in [2.24, 2.45) is 5.84 Å².